The van der Waals surface area contributed by atoms with Crippen molar-refractivity contribution in [1.82, 2.24) is 19.9 Å². The molecule has 174 valence electrons. The number of methoxy groups -OCH3 is 1. The molecule has 33 heavy (non-hydrogen) atoms. The van der Waals surface area contributed by atoms with E-state index in [0.717, 1.165) is 86.0 Å². The summed E-state index contributed by atoms with van der Waals surface area (Å²) in [6.07, 6.45) is 7.41. The van der Waals surface area contributed by atoms with Gasteiger partial charge in [-0.2, -0.15) is 0 Å². The van der Waals surface area contributed by atoms with Gasteiger partial charge in [-0.3, -0.25) is 0 Å². The van der Waals surface area contributed by atoms with Gasteiger partial charge in [0.1, 0.15) is 29.1 Å². The predicted octanol–water partition coefficient (Wildman–Crippen LogP) is 3.38. The van der Waals surface area contributed by atoms with Gasteiger partial charge in [-0.05, 0) is 44.7 Å². The molecular weight excluding hydrogens is 420 g/mol. The number of morpholine rings is 1. The molecule has 2 fully saturated rings. The molecule has 1 aromatic carbocycles. The number of rotatable bonds is 6. The summed E-state index contributed by atoms with van der Waals surface area (Å²) in [5.74, 6) is 2.99. The molecule has 2 aliphatic rings. The Morgan fingerprint density at radius 1 is 1.06 bits per heavy atom. The lowest BCUT2D eigenvalue weighted by Crippen LogP contribution is -2.36. The van der Waals surface area contributed by atoms with Crippen LogP contribution in [0.5, 0.6) is 11.6 Å². The molecule has 1 saturated heterocycles. The first kappa shape index (κ1) is 21.6. The monoisotopic (exact) mass is 450 g/mol. The lowest BCUT2D eigenvalue weighted by atomic mass is 9.93. The average Bonchev–Trinajstić information content (AvgIpc) is 2.85. The second kappa shape index (κ2) is 9.74. The van der Waals surface area contributed by atoms with Crippen LogP contribution in [-0.4, -0.2) is 65.5 Å². The minimum atomic E-state index is 0.128. The van der Waals surface area contributed by atoms with Crippen molar-refractivity contribution in [3.8, 4) is 11.6 Å². The summed E-state index contributed by atoms with van der Waals surface area (Å²) in [6.45, 7) is 5.07. The highest BCUT2D eigenvalue weighted by atomic mass is 16.5. The van der Waals surface area contributed by atoms with E-state index in [2.05, 4.69) is 42.3 Å². The predicted molar refractivity (Wildman–Crippen MR) is 126 cm³/mol. The first-order valence-electron chi connectivity index (χ1n) is 11.6. The van der Waals surface area contributed by atoms with Crippen molar-refractivity contribution in [1.29, 1.82) is 0 Å². The summed E-state index contributed by atoms with van der Waals surface area (Å²) < 4.78 is 17.7. The third-order valence-corrected chi connectivity index (χ3v) is 6.32. The van der Waals surface area contributed by atoms with Crippen LogP contribution in [0.3, 0.4) is 0 Å². The van der Waals surface area contributed by atoms with Crippen LogP contribution in [0.15, 0.2) is 30.7 Å². The fourth-order valence-corrected chi connectivity index (χ4v) is 4.61. The van der Waals surface area contributed by atoms with E-state index in [9.17, 15) is 0 Å². The minimum absolute atomic E-state index is 0.128. The van der Waals surface area contributed by atoms with Crippen molar-refractivity contribution in [3.05, 3.63) is 36.5 Å². The fourth-order valence-electron chi connectivity index (χ4n) is 4.61. The maximum absolute atomic E-state index is 6.59. The molecule has 0 amide bonds. The largest absolute Gasteiger partial charge is 0.489 e. The summed E-state index contributed by atoms with van der Waals surface area (Å²) >= 11 is 0. The second-order valence-electron chi connectivity index (χ2n) is 8.55. The molecule has 0 radical (unpaired) electrons. The summed E-state index contributed by atoms with van der Waals surface area (Å²) in [4.78, 5) is 19.8. The Morgan fingerprint density at radius 2 is 1.88 bits per heavy atom. The fraction of sp³-hybridized carbons (Fsp3) is 0.500. The molecule has 1 N–H and O–H groups in total. The molecule has 0 unspecified atom stereocenters. The Hall–Kier alpha value is -3.20. The molecule has 0 bridgehead atoms. The van der Waals surface area contributed by atoms with Crippen molar-refractivity contribution in [2.75, 3.05) is 43.6 Å². The van der Waals surface area contributed by atoms with Crippen LogP contribution in [-0.2, 0) is 4.74 Å². The molecule has 5 rings (SSSR count). The zero-order chi connectivity index (χ0) is 22.6. The van der Waals surface area contributed by atoms with Gasteiger partial charge in [0.15, 0.2) is 0 Å². The van der Waals surface area contributed by atoms with E-state index in [-0.39, 0.29) is 6.10 Å². The van der Waals surface area contributed by atoms with Crippen molar-refractivity contribution >= 4 is 22.4 Å². The number of aryl methyl sites for hydroxylation is 1. The van der Waals surface area contributed by atoms with Crippen LogP contribution in [0.25, 0.3) is 10.9 Å². The number of nitrogens with zero attached hydrogens (tertiary/aromatic N) is 5. The Kier molecular flexibility index (Phi) is 6.39. The van der Waals surface area contributed by atoms with E-state index in [1.54, 1.807) is 19.6 Å². The highest BCUT2D eigenvalue weighted by molar-refractivity contribution is 5.92. The van der Waals surface area contributed by atoms with Crippen LogP contribution in [0, 0.1) is 6.92 Å². The number of anilines is 2. The van der Waals surface area contributed by atoms with Gasteiger partial charge in [-0.1, -0.05) is 0 Å². The Bertz CT molecular complexity index is 1100. The van der Waals surface area contributed by atoms with Crippen molar-refractivity contribution in [2.24, 2.45) is 0 Å². The lowest BCUT2D eigenvalue weighted by molar-refractivity contribution is 0.122. The second-order valence-corrected chi connectivity index (χ2v) is 8.55. The highest BCUT2D eigenvalue weighted by Crippen LogP contribution is 2.38. The van der Waals surface area contributed by atoms with Gasteiger partial charge in [0.2, 0.25) is 5.88 Å². The molecule has 0 spiro atoms. The first-order chi connectivity index (χ1) is 16.2. The highest BCUT2D eigenvalue weighted by Gasteiger charge is 2.25. The Morgan fingerprint density at radius 3 is 2.64 bits per heavy atom. The third kappa shape index (κ3) is 4.93. The molecule has 3 heterocycles. The van der Waals surface area contributed by atoms with Gasteiger partial charge in [-0.15, -0.1) is 0 Å². The molecule has 9 nitrogen and oxygen atoms in total. The zero-order valence-corrected chi connectivity index (χ0v) is 19.2. The SMILES string of the molecule is COc1ncnc2cc(N3CCOCC3)cc(OC3CCC(Nc4ccnc(C)n4)CC3)c12. The quantitative estimate of drug-likeness (QED) is 0.606. The topological polar surface area (TPSA) is 94.5 Å². The molecule has 0 atom stereocenters. The normalized spacial score (nSPS) is 21.1. The van der Waals surface area contributed by atoms with E-state index < -0.39 is 0 Å². The van der Waals surface area contributed by atoms with Crippen molar-refractivity contribution in [2.45, 2.75) is 44.8 Å². The Labute approximate surface area is 193 Å². The van der Waals surface area contributed by atoms with Crippen LogP contribution < -0.4 is 19.7 Å². The van der Waals surface area contributed by atoms with Crippen molar-refractivity contribution < 1.29 is 14.2 Å². The molecule has 3 aromatic rings. The van der Waals surface area contributed by atoms with E-state index in [1.165, 1.54) is 0 Å². The van der Waals surface area contributed by atoms with Crippen LogP contribution in [0.2, 0.25) is 0 Å². The minimum Gasteiger partial charge on any atom is -0.489 e. The van der Waals surface area contributed by atoms with Crippen molar-refractivity contribution in [3.63, 3.8) is 0 Å². The summed E-state index contributed by atoms with van der Waals surface area (Å²) in [5.41, 5.74) is 1.92. The molecule has 1 saturated carbocycles. The third-order valence-electron chi connectivity index (χ3n) is 6.32. The van der Waals surface area contributed by atoms with E-state index in [4.69, 9.17) is 14.2 Å². The summed E-state index contributed by atoms with van der Waals surface area (Å²) in [7, 11) is 1.63. The van der Waals surface area contributed by atoms with Crippen LogP contribution >= 0.6 is 0 Å². The number of hydrogen-bond acceptors (Lipinski definition) is 9. The van der Waals surface area contributed by atoms with Gasteiger partial charge in [0.05, 0.1) is 31.9 Å². The standard InChI is InChI=1S/C24H30N6O3/c1-16-25-8-7-22(28-16)29-17-3-5-19(6-4-17)33-21-14-18(30-9-11-32-12-10-30)13-20-23(21)24(31-2)27-15-26-20/h7-8,13-15,17,19H,3-6,9-12H2,1-2H3,(H,25,28,29). The number of benzene rings is 1. The summed E-state index contributed by atoms with van der Waals surface area (Å²) in [6, 6.07) is 6.49. The van der Waals surface area contributed by atoms with E-state index in [1.807, 2.05) is 13.0 Å². The maximum Gasteiger partial charge on any atom is 0.228 e. The van der Waals surface area contributed by atoms with Gasteiger partial charge in [0.25, 0.3) is 0 Å². The number of ether oxygens (including phenoxy) is 3. The van der Waals surface area contributed by atoms with Gasteiger partial charge in [0, 0.05) is 37.1 Å². The number of nitrogens with one attached hydrogen (secondary N) is 1. The molecular formula is C24H30N6O3. The molecule has 1 aliphatic carbocycles. The van der Waals surface area contributed by atoms with Gasteiger partial charge < -0.3 is 24.4 Å². The molecule has 9 heteroatoms. The van der Waals surface area contributed by atoms with E-state index >= 15 is 0 Å². The molecule has 1 aliphatic heterocycles. The number of hydrogen-bond donors (Lipinski definition) is 1. The van der Waals surface area contributed by atoms with Crippen LogP contribution in [0.4, 0.5) is 11.5 Å². The van der Waals surface area contributed by atoms with Gasteiger partial charge >= 0.3 is 0 Å². The first-order valence-corrected chi connectivity index (χ1v) is 11.6. The molecule has 2 aromatic heterocycles. The number of aromatic nitrogens is 4. The maximum atomic E-state index is 6.59. The summed E-state index contributed by atoms with van der Waals surface area (Å²) in [5, 5.41) is 4.37. The number of fused-ring (bicyclic) bond motifs is 1. The average molecular weight is 451 g/mol. The smallest absolute Gasteiger partial charge is 0.228 e. The Balaban J connectivity index is 1.33. The van der Waals surface area contributed by atoms with Crippen LogP contribution in [0.1, 0.15) is 31.5 Å². The zero-order valence-electron chi connectivity index (χ0n) is 19.2. The van der Waals surface area contributed by atoms with E-state index in [0.29, 0.717) is 11.9 Å². The van der Waals surface area contributed by atoms with Gasteiger partial charge in [-0.25, -0.2) is 19.9 Å². The lowest BCUT2D eigenvalue weighted by Gasteiger charge is -2.32.